The normalized spacial score (nSPS) is 17.2. The third kappa shape index (κ3) is 4.26. The van der Waals surface area contributed by atoms with Gasteiger partial charge in [0.25, 0.3) is 0 Å². The molecule has 0 fully saturated rings. The van der Waals surface area contributed by atoms with E-state index >= 15 is 0 Å². The molecular formula is C21H22F3NO2. The van der Waals surface area contributed by atoms with Crippen molar-refractivity contribution in [1.29, 1.82) is 0 Å². The first-order valence-corrected chi connectivity index (χ1v) is 8.90. The molecule has 144 valence electrons. The summed E-state index contributed by atoms with van der Waals surface area (Å²) in [5.41, 5.74) is 4.04. The fraction of sp³-hybridized carbons (Fsp3) is 0.381. The first kappa shape index (κ1) is 19.3. The van der Waals surface area contributed by atoms with Crippen LogP contribution in [0.3, 0.4) is 0 Å². The number of carbonyl (C=O) groups is 1. The van der Waals surface area contributed by atoms with Crippen LogP contribution in [0.25, 0.3) is 0 Å². The zero-order chi connectivity index (χ0) is 19.6. The predicted molar refractivity (Wildman–Crippen MR) is 96.9 cm³/mol. The Morgan fingerprint density at radius 1 is 1.19 bits per heavy atom. The number of fused-ring (bicyclic) bond motifs is 1. The number of methoxy groups -OCH3 is 1. The Morgan fingerprint density at radius 3 is 2.52 bits per heavy atom. The van der Waals surface area contributed by atoms with Crippen molar-refractivity contribution in [2.45, 2.75) is 38.4 Å². The van der Waals surface area contributed by atoms with Crippen molar-refractivity contribution in [1.82, 2.24) is 4.90 Å². The maximum atomic E-state index is 12.9. The summed E-state index contributed by atoms with van der Waals surface area (Å²) in [4.78, 5) is 12.7. The molecular weight excluding hydrogens is 355 g/mol. The summed E-state index contributed by atoms with van der Waals surface area (Å²) in [5.74, 6) is -1.04. The van der Waals surface area contributed by atoms with Gasteiger partial charge in [-0.3, -0.25) is 4.79 Å². The fourth-order valence-electron chi connectivity index (χ4n) is 3.64. The Labute approximate surface area is 156 Å². The highest BCUT2D eigenvalue weighted by molar-refractivity contribution is 5.82. The van der Waals surface area contributed by atoms with Crippen LogP contribution in [-0.2, 0) is 24.1 Å². The van der Waals surface area contributed by atoms with Crippen LogP contribution in [0.5, 0.6) is 5.75 Å². The van der Waals surface area contributed by atoms with Crippen LogP contribution in [0, 0.1) is 0 Å². The van der Waals surface area contributed by atoms with Gasteiger partial charge in [0.2, 0.25) is 0 Å². The fourth-order valence-corrected chi connectivity index (χ4v) is 3.64. The van der Waals surface area contributed by atoms with Crippen LogP contribution in [0.4, 0.5) is 13.2 Å². The second-order valence-electron chi connectivity index (χ2n) is 6.89. The maximum Gasteiger partial charge on any atom is 0.471 e. The SMILES string of the molecule is COc1cc2c(cc1Cc1ccccc1)CC(C)N(C(=O)C(F)(F)F)CC2. The van der Waals surface area contributed by atoms with E-state index in [1.807, 2.05) is 42.5 Å². The van der Waals surface area contributed by atoms with E-state index in [0.29, 0.717) is 19.3 Å². The lowest BCUT2D eigenvalue weighted by atomic mass is 9.94. The van der Waals surface area contributed by atoms with Crippen molar-refractivity contribution in [2.24, 2.45) is 0 Å². The highest BCUT2D eigenvalue weighted by Gasteiger charge is 2.44. The molecule has 0 N–H and O–H groups in total. The van der Waals surface area contributed by atoms with E-state index in [4.69, 9.17) is 4.74 Å². The van der Waals surface area contributed by atoms with Crippen molar-refractivity contribution >= 4 is 5.91 Å². The minimum Gasteiger partial charge on any atom is -0.496 e. The van der Waals surface area contributed by atoms with Gasteiger partial charge in [0.15, 0.2) is 0 Å². The van der Waals surface area contributed by atoms with Crippen molar-refractivity contribution in [3.05, 3.63) is 64.7 Å². The lowest BCUT2D eigenvalue weighted by Gasteiger charge is -2.27. The molecule has 0 saturated heterocycles. The molecule has 1 aliphatic heterocycles. The minimum atomic E-state index is -4.85. The first-order chi connectivity index (χ1) is 12.8. The maximum absolute atomic E-state index is 12.9. The van der Waals surface area contributed by atoms with Crippen LogP contribution in [0.2, 0.25) is 0 Å². The summed E-state index contributed by atoms with van der Waals surface area (Å²) >= 11 is 0. The predicted octanol–water partition coefficient (Wildman–Crippen LogP) is 4.16. The second-order valence-corrected chi connectivity index (χ2v) is 6.89. The van der Waals surface area contributed by atoms with E-state index in [1.54, 1.807) is 14.0 Å². The smallest absolute Gasteiger partial charge is 0.471 e. The van der Waals surface area contributed by atoms with Gasteiger partial charge in [-0.05, 0) is 48.1 Å². The van der Waals surface area contributed by atoms with Crippen molar-refractivity contribution < 1.29 is 22.7 Å². The number of halogens is 3. The molecule has 27 heavy (non-hydrogen) atoms. The summed E-state index contributed by atoms with van der Waals surface area (Å²) in [6.45, 7) is 1.72. The van der Waals surface area contributed by atoms with Crippen molar-refractivity contribution in [3.8, 4) is 5.75 Å². The Hall–Kier alpha value is -2.50. The summed E-state index contributed by atoms with van der Waals surface area (Å²) < 4.78 is 44.2. The van der Waals surface area contributed by atoms with Gasteiger partial charge in [0.05, 0.1) is 7.11 Å². The molecule has 6 heteroatoms. The molecule has 0 aliphatic carbocycles. The molecule has 1 atom stereocenters. The van der Waals surface area contributed by atoms with E-state index in [1.165, 1.54) is 0 Å². The molecule has 2 aromatic rings. The number of ether oxygens (including phenoxy) is 1. The van der Waals surface area contributed by atoms with Gasteiger partial charge in [0, 0.05) is 19.0 Å². The number of amides is 1. The zero-order valence-corrected chi connectivity index (χ0v) is 15.3. The van der Waals surface area contributed by atoms with Crippen LogP contribution in [-0.4, -0.2) is 36.7 Å². The Kier molecular flexibility index (Phi) is 5.44. The molecule has 3 rings (SSSR count). The zero-order valence-electron chi connectivity index (χ0n) is 15.3. The topological polar surface area (TPSA) is 29.5 Å². The van der Waals surface area contributed by atoms with E-state index in [-0.39, 0.29) is 6.54 Å². The van der Waals surface area contributed by atoms with E-state index in [0.717, 1.165) is 32.9 Å². The van der Waals surface area contributed by atoms with Crippen LogP contribution in [0.15, 0.2) is 42.5 Å². The lowest BCUT2D eigenvalue weighted by Crippen LogP contribution is -2.46. The van der Waals surface area contributed by atoms with Gasteiger partial charge in [-0.2, -0.15) is 13.2 Å². The van der Waals surface area contributed by atoms with Gasteiger partial charge in [0.1, 0.15) is 5.75 Å². The molecule has 2 aromatic carbocycles. The first-order valence-electron chi connectivity index (χ1n) is 8.90. The third-order valence-electron chi connectivity index (χ3n) is 5.01. The van der Waals surface area contributed by atoms with Gasteiger partial charge in [-0.25, -0.2) is 0 Å². The average molecular weight is 377 g/mol. The van der Waals surface area contributed by atoms with Crippen LogP contribution >= 0.6 is 0 Å². The Morgan fingerprint density at radius 2 is 1.89 bits per heavy atom. The van der Waals surface area contributed by atoms with Crippen molar-refractivity contribution in [2.75, 3.05) is 13.7 Å². The highest BCUT2D eigenvalue weighted by Crippen LogP contribution is 2.31. The van der Waals surface area contributed by atoms with E-state index < -0.39 is 18.1 Å². The molecule has 0 aromatic heterocycles. The number of benzene rings is 2. The molecule has 1 aliphatic rings. The van der Waals surface area contributed by atoms with Gasteiger partial charge in [-0.1, -0.05) is 36.4 Å². The molecule has 1 amide bonds. The number of nitrogens with zero attached hydrogens (tertiary/aromatic N) is 1. The number of alkyl halides is 3. The van der Waals surface area contributed by atoms with E-state index in [2.05, 4.69) is 0 Å². The van der Waals surface area contributed by atoms with Gasteiger partial charge < -0.3 is 9.64 Å². The lowest BCUT2D eigenvalue weighted by molar-refractivity contribution is -0.187. The third-order valence-corrected chi connectivity index (χ3v) is 5.01. The number of hydrogen-bond acceptors (Lipinski definition) is 2. The molecule has 0 saturated carbocycles. The Balaban J connectivity index is 1.90. The second kappa shape index (κ2) is 7.62. The number of hydrogen-bond donors (Lipinski definition) is 0. The summed E-state index contributed by atoms with van der Waals surface area (Å²) in [6.07, 6.45) is -3.40. The van der Waals surface area contributed by atoms with Gasteiger partial charge >= 0.3 is 12.1 Å². The standard InChI is InChI=1S/C21H22F3NO2/c1-14-10-17-12-18(11-15-6-4-3-5-7-15)19(27-2)13-16(17)8-9-25(14)20(26)21(22,23)24/h3-7,12-14H,8-11H2,1-2H3. The minimum absolute atomic E-state index is 0.0493. The Bertz CT molecular complexity index is 818. The highest BCUT2D eigenvalue weighted by atomic mass is 19.4. The molecule has 1 unspecified atom stereocenters. The van der Waals surface area contributed by atoms with Crippen LogP contribution < -0.4 is 4.74 Å². The molecule has 0 spiro atoms. The largest absolute Gasteiger partial charge is 0.496 e. The monoisotopic (exact) mass is 377 g/mol. The van der Waals surface area contributed by atoms with Crippen LogP contribution in [0.1, 0.15) is 29.2 Å². The molecule has 3 nitrogen and oxygen atoms in total. The summed E-state index contributed by atoms with van der Waals surface area (Å²) in [7, 11) is 1.59. The summed E-state index contributed by atoms with van der Waals surface area (Å²) in [5, 5.41) is 0. The molecule has 0 bridgehead atoms. The quantitative estimate of drug-likeness (QED) is 0.804. The molecule has 1 heterocycles. The average Bonchev–Trinajstić information content (AvgIpc) is 2.78. The molecule has 0 radical (unpaired) electrons. The van der Waals surface area contributed by atoms with E-state index in [9.17, 15) is 18.0 Å². The summed E-state index contributed by atoms with van der Waals surface area (Å²) in [6, 6.07) is 13.3. The van der Waals surface area contributed by atoms with Crippen molar-refractivity contribution in [3.63, 3.8) is 0 Å². The number of carbonyl (C=O) groups excluding carboxylic acids is 1. The van der Waals surface area contributed by atoms with Gasteiger partial charge in [-0.15, -0.1) is 0 Å². The number of rotatable bonds is 3.